The van der Waals surface area contributed by atoms with Crippen LogP contribution in [0.15, 0.2) is 23.1 Å². The van der Waals surface area contributed by atoms with E-state index in [0.29, 0.717) is 30.3 Å². The number of sulfonamides is 1. The zero-order valence-electron chi connectivity index (χ0n) is 12.3. The SMILES string of the molecule is CCOc1ccc(CC)cc1S(=O)(=O)N1CCCCC1. The van der Waals surface area contributed by atoms with Gasteiger partial charge in [-0.3, -0.25) is 0 Å². The van der Waals surface area contributed by atoms with Crippen LogP contribution in [0.4, 0.5) is 0 Å². The Kier molecular flexibility index (Phi) is 5.05. The predicted molar refractivity (Wildman–Crippen MR) is 79.6 cm³/mol. The molecular weight excluding hydrogens is 274 g/mol. The lowest BCUT2D eigenvalue weighted by Gasteiger charge is -2.26. The van der Waals surface area contributed by atoms with Crippen LogP contribution >= 0.6 is 0 Å². The van der Waals surface area contributed by atoms with Gasteiger partial charge in [0.15, 0.2) is 0 Å². The van der Waals surface area contributed by atoms with Gasteiger partial charge in [-0.2, -0.15) is 4.31 Å². The van der Waals surface area contributed by atoms with Crippen molar-refractivity contribution in [1.82, 2.24) is 4.31 Å². The molecule has 1 aliphatic rings. The number of benzene rings is 1. The monoisotopic (exact) mass is 297 g/mol. The number of hydrogen-bond acceptors (Lipinski definition) is 3. The molecule has 0 atom stereocenters. The fraction of sp³-hybridized carbons (Fsp3) is 0.600. The summed E-state index contributed by atoms with van der Waals surface area (Å²) >= 11 is 0. The summed E-state index contributed by atoms with van der Waals surface area (Å²) in [4.78, 5) is 0.320. The quantitative estimate of drug-likeness (QED) is 0.839. The number of nitrogens with zero attached hydrogens (tertiary/aromatic N) is 1. The minimum atomic E-state index is -3.44. The summed E-state index contributed by atoms with van der Waals surface area (Å²) in [6.45, 7) is 5.58. The molecule has 0 unspecified atom stereocenters. The van der Waals surface area contributed by atoms with Gasteiger partial charge in [0.2, 0.25) is 10.0 Å². The van der Waals surface area contributed by atoms with Gasteiger partial charge in [0, 0.05) is 13.1 Å². The molecule has 1 aliphatic heterocycles. The topological polar surface area (TPSA) is 46.6 Å². The second-order valence-electron chi connectivity index (χ2n) is 5.03. The molecule has 0 amide bonds. The maximum Gasteiger partial charge on any atom is 0.246 e. The lowest BCUT2D eigenvalue weighted by atomic mass is 10.2. The van der Waals surface area contributed by atoms with Crippen LogP contribution < -0.4 is 4.74 Å². The Morgan fingerprint density at radius 2 is 1.85 bits per heavy atom. The number of piperidine rings is 1. The highest BCUT2D eigenvalue weighted by Gasteiger charge is 2.29. The summed E-state index contributed by atoms with van der Waals surface area (Å²) in [6, 6.07) is 5.47. The average Bonchev–Trinajstić information content (AvgIpc) is 2.48. The fourth-order valence-corrected chi connectivity index (χ4v) is 4.19. The third-order valence-corrected chi connectivity index (χ3v) is 5.57. The van der Waals surface area contributed by atoms with Crippen LogP contribution in [0.5, 0.6) is 5.75 Å². The van der Waals surface area contributed by atoms with E-state index in [1.807, 2.05) is 19.9 Å². The van der Waals surface area contributed by atoms with E-state index >= 15 is 0 Å². The average molecular weight is 297 g/mol. The van der Waals surface area contributed by atoms with Crippen LogP contribution in [-0.4, -0.2) is 32.4 Å². The molecule has 1 fully saturated rings. The Labute approximate surface area is 121 Å². The van der Waals surface area contributed by atoms with Crippen LogP contribution in [0.3, 0.4) is 0 Å². The number of ether oxygens (including phenoxy) is 1. The summed E-state index contributed by atoms with van der Waals surface area (Å²) in [5.41, 5.74) is 1.02. The Bertz CT molecular complexity index is 548. The van der Waals surface area contributed by atoms with Gasteiger partial charge < -0.3 is 4.74 Å². The van der Waals surface area contributed by atoms with E-state index in [0.717, 1.165) is 31.2 Å². The van der Waals surface area contributed by atoms with Gasteiger partial charge in [-0.25, -0.2) is 8.42 Å². The van der Waals surface area contributed by atoms with E-state index in [4.69, 9.17) is 4.74 Å². The molecule has 0 aromatic heterocycles. The molecule has 112 valence electrons. The van der Waals surface area contributed by atoms with Gasteiger partial charge in [0.05, 0.1) is 6.61 Å². The highest BCUT2D eigenvalue weighted by atomic mass is 32.2. The summed E-state index contributed by atoms with van der Waals surface area (Å²) < 4.78 is 32.7. The van der Waals surface area contributed by atoms with Crippen LogP contribution in [0, 0.1) is 0 Å². The van der Waals surface area contributed by atoms with Crippen molar-refractivity contribution in [2.45, 2.75) is 44.4 Å². The summed E-state index contributed by atoms with van der Waals surface area (Å²) in [7, 11) is -3.44. The van der Waals surface area contributed by atoms with Crippen molar-refractivity contribution in [2.75, 3.05) is 19.7 Å². The molecule has 4 nitrogen and oxygen atoms in total. The molecule has 5 heteroatoms. The standard InChI is InChI=1S/C15H23NO3S/c1-3-13-8-9-14(19-4-2)15(12-13)20(17,18)16-10-6-5-7-11-16/h8-9,12H,3-7,10-11H2,1-2H3. The van der Waals surface area contributed by atoms with E-state index in [9.17, 15) is 8.42 Å². The molecule has 1 heterocycles. The van der Waals surface area contributed by atoms with Crippen LogP contribution in [-0.2, 0) is 16.4 Å². The normalized spacial score (nSPS) is 17.1. The predicted octanol–water partition coefficient (Wildman–Crippen LogP) is 2.82. The lowest BCUT2D eigenvalue weighted by molar-refractivity contribution is 0.322. The van der Waals surface area contributed by atoms with Gasteiger partial charge >= 0.3 is 0 Å². The van der Waals surface area contributed by atoms with Gasteiger partial charge in [0.25, 0.3) is 0 Å². The smallest absolute Gasteiger partial charge is 0.246 e. The van der Waals surface area contributed by atoms with Crippen LogP contribution in [0.1, 0.15) is 38.7 Å². The molecule has 0 spiro atoms. The second-order valence-corrected chi connectivity index (χ2v) is 6.94. The minimum absolute atomic E-state index is 0.320. The third-order valence-electron chi connectivity index (χ3n) is 3.65. The van der Waals surface area contributed by atoms with Gasteiger partial charge in [-0.15, -0.1) is 0 Å². The van der Waals surface area contributed by atoms with Crippen LogP contribution in [0.25, 0.3) is 0 Å². The van der Waals surface area contributed by atoms with E-state index < -0.39 is 10.0 Å². The Balaban J connectivity index is 2.42. The molecular formula is C15H23NO3S. The largest absolute Gasteiger partial charge is 0.492 e. The Morgan fingerprint density at radius 3 is 2.45 bits per heavy atom. The molecule has 1 aromatic rings. The molecule has 0 bridgehead atoms. The minimum Gasteiger partial charge on any atom is -0.492 e. The van der Waals surface area contributed by atoms with Crippen molar-refractivity contribution in [2.24, 2.45) is 0 Å². The maximum atomic E-state index is 12.8. The highest BCUT2D eigenvalue weighted by Crippen LogP contribution is 2.30. The first-order valence-electron chi connectivity index (χ1n) is 7.35. The van der Waals surface area contributed by atoms with Crippen molar-refractivity contribution < 1.29 is 13.2 Å². The molecule has 20 heavy (non-hydrogen) atoms. The van der Waals surface area contributed by atoms with Gasteiger partial charge in [0.1, 0.15) is 10.6 Å². The first-order valence-corrected chi connectivity index (χ1v) is 8.79. The van der Waals surface area contributed by atoms with Crippen molar-refractivity contribution in [3.8, 4) is 5.75 Å². The van der Waals surface area contributed by atoms with Crippen molar-refractivity contribution in [1.29, 1.82) is 0 Å². The van der Waals surface area contributed by atoms with E-state index in [2.05, 4.69) is 0 Å². The fourth-order valence-electron chi connectivity index (χ4n) is 2.49. The first kappa shape index (κ1) is 15.3. The van der Waals surface area contributed by atoms with Crippen molar-refractivity contribution in [3.63, 3.8) is 0 Å². The molecule has 0 radical (unpaired) electrons. The number of rotatable bonds is 5. The third kappa shape index (κ3) is 3.15. The summed E-state index contributed by atoms with van der Waals surface area (Å²) in [5.74, 6) is 0.468. The zero-order chi connectivity index (χ0) is 14.6. The molecule has 0 N–H and O–H groups in total. The van der Waals surface area contributed by atoms with E-state index in [1.165, 1.54) is 0 Å². The van der Waals surface area contributed by atoms with Gasteiger partial charge in [-0.05, 0) is 43.9 Å². The number of aryl methyl sites for hydroxylation is 1. The lowest BCUT2D eigenvalue weighted by Crippen LogP contribution is -2.35. The van der Waals surface area contributed by atoms with E-state index in [1.54, 1.807) is 16.4 Å². The Morgan fingerprint density at radius 1 is 1.15 bits per heavy atom. The van der Waals surface area contributed by atoms with Crippen molar-refractivity contribution >= 4 is 10.0 Å². The zero-order valence-corrected chi connectivity index (χ0v) is 13.1. The summed E-state index contributed by atoms with van der Waals surface area (Å²) in [6.07, 6.45) is 3.81. The van der Waals surface area contributed by atoms with Crippen molar-refractivity contribution in [3.05, 3.63) is 23.8 Å². The molecule has 1 saturated heterocycles. The highest BCUT2D eigenvalue weighted by molar-refractivity contribution is 7.89. The number of hydrogen-bond donors (Lipinski definition) is 0. The molecule has 0 aliphatic carbocycles. The molecule has 1 aromatic carbocycles. The Hall–Kier alpha value is -1.07. The van der Waals surface area contributed by atoms with E-state index in [-0.39, 0.29) is 0 Å². The van der Waals surface area contributed by atoms with Gasteiger partial charge in [-0.1, -0.05) is 19.4 Å². The first-order chi connectivity index (χ1) is 9.59. The summed E-state index contributed by atoms with van der Waals surface area (Å²) in [5, 5.41) is 0. The van der Waals surface area contributed by atoms with Crippen LogP contribution in [0.2, 0.25) is 0 Å². The molecule has 0 saturated carbocycles. The maximum absolute atomic E-state index is 12.8. The second kappa shape index (κ2) is 6.59. The molecule has 2 rings (SSSR count).